The monoisotopic (exact) mass is 353 g/mol. The zero-order chi connectivity index (χ0) is 17.9. The summed E-state index contributed by atoms with van der Waals surface area (Å²) in [6.07, 6.45) is 0.0808. The molecule has 26 heavy (non-hydrogen) atoms. The van der Waals surface area contributed by atoms with Crippen LogP contribution in [0.15, 0.2) is 36.4 Å². The summed E-state index contributed by atoms with van der Waals surface area (Å²) in [5.41, 5.74) is 2.17. The van der Waals surface area contributed by atoms with E-state index in [0.717, 1.165) is 22.6 Å². The number of carbonyl (C=O) groups excluding carboxylic acids is 1. The Hall–Kier alpha value is -2.73. The Morgan fingerprint density at radius 2 is 1.92 bits per heavy atom. The molecule has 6 nitrogen and oxygen atoms in total. The van der Waals surface area contributed by atoms with Crippen LogP contribution in [0.3, 0.4) is 0 Å². The van der Waals surface area contributed by atoms with Crippen molar-refractivity contribution in [2.45, 2.75) is 38.2 Å². The normalized spacial score (nSPS) is 23.5. The summed E-state index contributed by atoms with van der Waals surface area (Å²) in [7, 11) is 0. The zero-order valence-corrected chi connectivity index (χ0v) is 14.6. The standard InChI is InChI=1S/C20H19NO5/c1-20(2)18-17(25-18)13-8-12(4-6-14(13)26-20)19(22)21-9-11-3-5-15-16(7-11)24-10-23-15/h3-8,17-18H,9-10H2,1-2H3,(H,21,22). The molecule has 1 N–H and O–H groups in total. The Balaban J connectivity index is 1.30. The second-order valence-corrected chi connectivity index (χ2v) is 7.31. The predicted molar refractivity (Wildman–Crippen MR) is 92.5 cm³/mol. The van der Waals surface area contributed by atoms with Crippen molar-refractivity contribution in [3.63, 3.8) is 0 Å². The van der Waals surface area contributed by atoms with E-state index in [0.29, 0.717) is 17.9 Å². The number of carbonyl (C=O) groups is 1. The molecule has 0 aliphatic carbocycles. The third kappa shape index (κ3) is 2.49. The molecular weight excluding hydrogens is 334 g/mol. The second kappa shape index (κ2) is 5.38. The predicted octanol–water partition coefficient (Wildman–Crippen LogP) is 2.96. The number of hydrogen-bond acceptors (Lipinski definition) is 5. The average molecular weight is 353 g/mol. The minimum Gasteiger partial charge on any atom is -0.485 e. The van der Waals surface area contributed by atoms with Crippen LogP contribution in [0.2, 0.25) is 0 Å². The first-order valence-electron chi connectivity index (χ1n) is 8.66. The highest BCUT2D eigenvalue weighted by Crippen LogP contribution is 2.53. The van der Waals surface area contributed by atoms with E-state index < -0.39 is 0 Å². The Bertz CT molecular complexity index is 907. The van der Waals surface area contributed by atoms with Crippen molar-refractivity contribution in [3.05, 3.63) is 53.1 Å². The summed E-state index contributed by atoms with van der Waals surface area (Å²) in [5, 5.41) is 2.94. The van der Waals surface area contributed by atoms with Gasteiger partial charge in [-0.3, -0.25) is 4.79 Å². The molecule has 0 saturated carbocycles. The fourth-order valence-electron chi connectivity index (χ4n) is 3.56. The number of amides is 1. The molecule has 1 amide bonds. The molecule has 0 bridgehead atoms. The van der Waals surface area contributed by atoms with Gasteiger partial charge in [-0.1, -0.05) is 6.07 Å². The molecule has 2 aromatic carbocycles. The van der Waals surface area contributed by atoms with E-state index in [4.69, 9.17) is 18.9 Å². The molecule has 0 spiro atoms. The molecule has 5 rings (SSSR count). The molecule has 2 unspecified atom stereocenters. The van der Waals surface area contributed by atoms with Gasteiger partial charge < -0.3 is 24.3 Å². The van der Waals surface area contributed by atoms with Crippen molar-refractivity contribution < 1.29 is 23.7 Å². The van der Waals surface area contributed by atoms with E-state index in [1.165, 1.54) is 0 Å². The Labute approximate surface area is 151 Å². The molecule has 3 aliphatic heterocycles. The van der Waals surface area contributed by atoms with Gasteiger partial charge in [-0.15, -0.1) is 0 Å². The Morgan fingerprint density at radius 3 is 2.81 bits per heavy atom. The maximum atomic E-state index is 12.5. The summed E-state index contributed by atoms with van der Waals surface area (Å²) in [4.78, 5) is 12.5. The Kier molecular flexibility index (Phi) is 3.21. The topological polar surface area (TPSA) is 69.3 Å². The number of epoxide rings is 1. The largest absolute Gasteiger partial charge is 0.485 e. The summed E-state index contributed by atoms with van der Waals surface area (Å²) in [5.74, 6) is 2.10. The van der Waals surface area contributed by atoms with Crippen LogP contribution in [0.25, 0.3) is 0 Å². The summed E-state index contributed by atoms with van der Waals surface area (Å²) in [6, 6.07) is 11.2. The second-order valence-electron chi connectivity index (χ2n) is 7.31. The number of ether oxygens (including phenoxy) is 4. The van der Waals surface area contributed by atoms with Crippen LogP contribution in [-0.2, 0) is 11.3 Å². The highest BCUT2D eigenvalue weighted by molar-refractivity contribution is 5.94. The van der Waals surface area contributed by atoms with Crippen molar-refractivity contribution in [1.29, 1.82) is 0 Å². The first-order chi connectivity index (χ1) is 12.5. The Morgan fingerprint density at radius 1 is 1.12 bits per heavy atom. The SMILES string of the molecule is CC1(C)Oc2ccc(C(=O)NCc3ccc4c(c3)OCO4)cc2C2OC21. The lowest BCUT2D eigenvalue weighted by Crippen LogP contribution is -2.37. The quantitative estimate of drug-likeness (QED) is 0.859. The first-order valence-corrected chi connectivity index (χ1v) is 8.66. The van der Waals surface area contributed by atoms with Crippen LogP contribution in [0.1, 0.15) is 41.4 Å². The van der Waals surface area contributed by atoms with Crippen LogP contribution in [-0.4, -0.2) is 24.4 Å². The molecule has 1 saturated heterocycles. The van der Waals surface area contributed by atoms with Gasteiger partial charge in [0.15, 0.2) is 11.5 Å². The van der Waals surface area contributed by atoms with Crippen LogP contribution in [0.5, 0.6) is 17.2 Å². The number of hydrogen-bond donors (Lipinski definition) is 1. The molecule has 0 aromatic heterocycles. The molecule has 3 heterocycles. The third-order valence-electron chi connectivity index (χ3n) is 5.02. The van der Waals surface area contributed by atoms with Crippen molar-refractivity contribution in [2.24, 2.45) is 0 Å². The van der Waals surface area contributed by atoms with Gasteiger partial charge in [-0.2, -0.15) is 0 Å². The molecule has 2 aromatic rings. The van der Waals surface area contributed by atoms with Crippen molar-refractivity contribution in [2.75, 3.05) is 6.79 Å². The van der Waals surface area contributed by atoms with Gasteiger partial charge in [0.05, 0.1) is 0 Å². The lowest BCUT2D eigenvalue weighted by Gasteiger charge is -2.29. The summed E-state index contributed by atoms with van der Waals surface area (Å²) in [6.45, 7) is 4.70. The molecule has 6 heteroatoms. The van der Waals surface area contributed by atoms with Gasteiger partial charge in [0.1, 0.15) is 23.6 Å². The summed E-state index contributed by atoms with van der Waals surface area (Å²) >= 11 is 0. The van der Waals surface area contributed by atoms with Crippen molar-refractivity contribution in [1.82, 2.24) is 5.32 Å². The highest BCUT2D eigenvalue weighted by Gasteiger charge is 2.56. The lowest BCUT2D eigenvalue weighted by atomic mass is 9.93. The minimum absolute atomic E-state index is 0.0235. The molecular formula is C20H19NO5. The maximum Gasteiger partial charge on any atom is 0.251 e. The van der Waals surface area contributed by atoms with Gasteiger partial charge >= 0.3 is 0 Å². The number of nitrogens with one attached hydrogen (secondary N) is 1. The van der Waals surface area contributed by atoms with Gasteiger partial charge in [-0.05, 0) is 49.7 Å². The van der Waals surface area contributed by atoms with E-state index in [1.54, 1.807) is 6.07 Å². The van der Waals surface area contributed by atoms with E-state index >= 15 is 0 Å². The smallest absolute Gasteiger partial charge is 0.251 e. The van der Waals surface area contributed by atoms with Gasteiger partial charge in [0.25, 0.3) is 5.91 Å². The first kappa shape index (κ1) is 15.5. The summed E-state index contributed by atoms with van der Waals surface area (Å²) < 4.78 is 22.4. The van der Waals surface area contributed by atoms with Crippen LogP contribution < -0.4 is 19.5 Å². The lowest BCUT2D eigenvalue weighted by molar-refractivity contribution is 0.0725. The molecule has 134 valence electrons. The zero-order valence-electron chi connectivity index (χ0n) is 14.6. The maximum absolute atomic E-state index is 12.5. The molecule has 0 radical (unpaired) electrons. The fourth-order valence-corrected chi connectivity index (χ4v) is 3.56. The van der Waals surface area contributed by atoms with Crippen molar-refractivity contribution in [3.8, 4) is 17.2 Å². The van der Waals surface area contributed by atoms with Crippen LogP contribution in [0.4, 0.5) is 0 Å². The van der Waals surface area contributed by atoms with Gasteiger partial charge in [0, 0.05) is 17.7 Å². The van der Waals surface area contributed by atoms with E-state index in [-0.39, 0.29) is 30.5 Å². The highest BCUT2D eigenvalue weighted by atomic mass is 16.7. The number of rotatable bonds is 3. The average Bonchev–Trinajstić information content (AvgIpc) is 3.32. The number of fused-ring (bicyclic) bond motifs is 4. The fraction of sp³-hybridized carbons (Fsp3) is 0.350. The number of benzene rings is 2. The van der Waals surface area contributed by atoms with E-state index in [9.17, 15) is 4.79 Å². The molecule has 1 fully saturated rings. The van der Waals surface area contributed by atoms with Gasteiger partial charge in [-0.25, -0.2) is 0 Å². The van der Waals surface area contributed by atoms with E-state index in [1.807, 2.05) is 44.2 Å². The van der Waals surface area contributed by atoms with Crippen molar-refractivity contribution >= 4 is 5.91 Å². The minimum atomic E-state index is -0.333. The van der Waals surface area contributed by atoms with Gasteiger partial charge in [0.2, 0.25) is 6.79 Å². The molecule has 2 atom stereocenters. The van der Waals surface area contributed by atoms with Crippen LogP contribution in [0, 0.1) is 0 Å². The third-order valence-corrected chi connectivity index (χ3v) is 5.02. The van der Waals surface area contributed by atoms with E-state index in [2.05, 4.69) is 5.32 Å². The molecule has 3 aliphatic rings. The van der Waals surface area contributed by atoms with Crippen LogP contribution >= 0.6 is 0 Å².